The molecule has 1 heterocycles. The molecule has 0 atom stereocenters. The van der Waals surface area contributed by atoms with Crippen LogP contribution in [0.1, 0.15) is 4.88 Å². The maximum atomic E-state index is 10.6. The molecule has 88 valence electrons. The molecule has 0 aliphatic rings. The zero-order valence-corrected chi connectivity index (χ0v) is 10.8. The Kier molecular flexibility index (Phi) is 3.81. The first kappa shape index (κ1) is 12.1. The minimum Gasteiger partial charge on any atom is -0.481 e. The number of carboxylic acid groups (broad SMARTS) is 1. The predicted octanol–water partition coefficient (Wildman–Crippen LogP) is 3.16. The number of aliphatic carboxylic acids is 1. The molecule has 5 heteroatoms. The summed E-state index contributed by atoms with van der Waals surface area (Å²) in [6, 6.07) is 8.10. The van der Waals surface area contributed by atoms with Gasteiger partial charge in [-0.2, -0.15) is 0 Å². The van der Waals surface area contributed by atoms with Gasteiger partial charge in [0.05, 0.1) is 6.42 Å². The highest BCUT2D eigenvalue weighted by Gasteiger charge is 2.07. The third-order valence-corrected chi connectivity index (χ3v) is 4.01. The maximum Gasteiger partial charge on any atom is 0.308 e. The van der Waals surface area contributed by atoms with E-state index in [0.29, 0.717) is 0 Å². The summed E-state index contributed by atoms with van der Waals surface area (Å²) in [5.74, 6) is -0.821. The standard InChI is InChI=1S/C12H11NO2S2/c1-16-9-4-2-8(3-5-9)12-13-7-10(17-12)6-11(14)15/h2-5,7H,6H2,1H3,(H,14,15). The molecule has 17 heavy (non-hydrogen) atoms. The van der Waals surface area contributed by atoms with Gasteiger partial charge in [0.25, 0.3) is 0 Å². The summed E-state index contributed by atoms with van der Waals surface area (Å²) in [6.45, 7) is 0. The lowest BCUT2D eigenvalue weighted by Crippen LogP contribution is -1.97. The van der Waals surface area contributed by atoms with Crippen molar-refractivity contribution in [3.63, 3.8) is 0 Å². The zero-order chi connectivity index (χ0) is 12.3. The van der Waals surface area contributed by atoms with Crippen molar-refractivity contribution >= 4 is 29.1 Å². The first-order valence-electron chi connectivity index (χ1n) is 5.00. The number of hydrogen-bond acceptors (Lipinski definition) is 4. The Labute approximate surface area is 108 Å². The first-order chi connectivity index (χ1) is 8.19. The van der Waals surface area contributed by atoms with Crippen molar-refractivity contribution < 1.29 is 9.90 Å². The Balaban J connectivity index is 2.21. The van der Waals surface area contributed by atoms with Crippen LogP contribution in [-0.2, 0) is 11.2 Å². The topological polar surface area (TPSA) is 50.2 Å². The summed E-state index contributed by atoms with van der Waals surface area (Å²) in [4.78, 5) is 16.8. The Bertz CT molecular complexity index is 520. The molecule has 0 amide bonds. The highest BCUT2D eigenvalue weighted by molar-refractivity contribution is 7.98. The number of rotatable bonds is 4. The van der Waals surface area contributed by atoms with E-state index in [1.165, 1.54) is 16.2 Å². The Morgan fingerprint density at radius 2 is 2.12 bits per heavy atom. The zero-order valence-electron chi connectivity index (χ0n) is 9.21. The van der Waals surface area contributed by atoms with Crippen LogP contribution in [0.5, 0.6) is 0 Å². The number of carboxylic acids is 1. The molecule has 1 N–H and O–H groups in total. The van der Waals surface area contributed by atoms with E-state index in [2.05, 4.69) is 4.98 Å². The summed E-state index contributed by atoms with van der Waals surface area (Å²) in [7, 11) is 0. The molecule has 0 saturated carbocycles. The Morgan fingerprint density at radius 1 is 1.41 bits per heavy atom. The SMILES string of the molecule is CSc1ccc(-c2ncc(CC(=O)O)s2)cc1. The molecule has 0 aliphatic heterocycles. The lowest BCUT2D eigenvalue weighted by molar-refractivity contribution is -0.136. The van der Waals surface area contributed by atoms with Crippen LogP contribution in [-0.4, -0.2) is 22.3 Å². The van der Waals surface area contributed by atoms with Crippen LogP contribution in [0.15, 0.2) is 35.4 Å². The molecule has 0 fully saturated rings. The molecular weight excluding hydrogens is 254 g/mol. The van der Waals surface area contributed by atoms with Gasteiger partial charge in [0, 0.05) is 21.5 Å². The van der Waals surface area contributed by atoms with Gasteiger partial charge in [-0.25, -0.2) is 4.98 Å². The number of thiazole rings is 1. The van der Waals surface area contributed by atoms with Gasteiger partial charge in [-0.05, 0) is 18.4 Å². The molecule has 0 saturated heterocycles. The van der Waals surface area contributed by atoms with Crippen LogP contribution in [0.3, 0.4) is 0 Å². The highest BCUT2D eigenvalue weighted by atomic mass is 32.2. The van der Waals surface area contributed by atoms with Crippen molar-refractivity contribution in [2.24, 2.45) is 0 Å². The van der Waals surface area contributed by atoms with Gasteiger partial charge in [-0.1, -0.05) is 12.1 Å². The van der Waals surface area contributed by atoms with Gasteiger partial charge < -0.3 is 5.11 Å². The molecule has 1 aromatic carbocycles. The van der Waals surface area contributed by atoms with Crippen molar-refractivity contribution in [3.8, 4) is 10.6 Å². The molecule has 0 aliphatic carbocycles. The van der Waals surface area contributed by atoms with E-state index >= 15 is 0 Å². The van der Waals surface area contributed by atoms with Crippen molar-refractivity contribution in [3.05, 3.63) is 35.3 Å². The Morgan fingerprint density at radius 3 is 2.71 bits per heavy atom. The number of hydrogen-bond donors (Lipinski definition) is 1. The summed E-state index contributed by atoms with van der Waals surface area (Å²) >= 11 is 3.12. The molecule has 3 nitrogen and oxygen atoms in total. The van der Waals surface area contributed by atoms with Crippen LogP contribution in [0, 0.1) is 0 Å². The van der Waals surface area contributed by atoms with Crippen molar-refractivity contribution in [1.29, 1.82) is 0 Å². The van der Waals surface area contributed by atoms with Crippen LogP contribution < -0.4 is 0 Å². The molecule has 1 aromatic heterocycles. The van der Waals surface area contributed by atoms with E-state index < -0.39 is 5.97 Å². The highest BCUT2D eigenvalue weighted by Crippen LogP contribution is 2.27. The smallest absolute Gasteiger partial charge is 0.308 e. The number of nitrogens with zero attached hydrogens (tertiary/aromatic N) is 1. The molecule has 0 spiro atoms. The van der Waals surface area contributed by atoms with Gasteiger partial charge in [0.1, 0.15) is 5.01 Å². The van der Waals surface area contributed by atoms with Crippen LogP contribution >= 0.6 is 23.1 Å². The van der Waals surface area contributed by atoms with Gasteiger partial charge >= 0.3 is 5.97 Å². The van der Waals surface area contributed by atoms with Crippen molar-refractivity contribution in [2.75, 3.05) is 6.26 Å². The van der Waals surface area contributed by atoms with Crippen molar-refractivity contribution in [1.82, 2.24) is 4.98 Å². The number of carbonyl (C=O) groups is 1. The third-order valence-electron chi connectivity index (χ3n) is 2.22. The summed E-state index contributed by atoms with van der Waals surface area (Å²) in [5.41, 5.74) is 1.03. The maximum absolute atomic E-state index is 10.6. The van der Waals surface area contributed by atoms with Crippen LogP contribution in [0.2, 0.25) is 0 Å². The summed E-state index contributed by atoms with van der Waals surface area (Å²) < 4.78 is 0. The van der Waals surface area contributed by atoms with Crippen LogP contribution in [0.25, 0.3) is 10.6 Å². The second-order valence-electron chi connectivity index (χ2n) is 3.43. The van der Waals surface area contributed by atoms with E-state index in [1.54, 1.807) is 18.0 Å². The van der Waals surface area contributed by atoms with E-state index in [1.807, 2.05) is 30.5 Å². The monoisotopic (exact) mass is 265 g/mol. The molecule has 2 aromatic rings. The molecule has 0 radical (unpaired) electrons. The quantitative estimate of drug-likeness (QED) is 0.863. The fourth-order valence-electron chi connectivity index (χ4n) is 1.41. The van der Waals surface area contributed by atoms with E-state index in [-0.39, 0.29) is 6.42 Å². The van der Waals surface area contributed by atoms with Gasteiger partial charge in [-0.15, -0.1) is 23.1 Å². The average Bonchev–Trinajstić information content (AvgIpc) is 2.77. The first-order valence-corrected chi connectivity index (χ1v) is 7.04. The van der Waals surface area contributed by atoms with E-state index in [9.17, 15) is 4.79 Å². The third kappa shape index (κ3) is 3.08. The van der Waals surface area contributed by atoms with Crippen LogP contribution in [0.4, 0.5) is 0 Å². The van der Waals surface area contributed by atoms with Gasteiger partial charge in [-0.3, -0.25) is 4.79 Å². The number of aromatic nitrogens is 1. The molecule has 2 rings (SSSR count). The van der Waals surface area contributed by atoms with Crippen molar-refractivity contribution in [2.45, 2.75) is 11.3 Å². The second-order valence-corrected chi connectivity index (χ2v) is 5.43. The molecular formula is C12H11NO2S2. The molecule has 0 unspecified atom stereocenters. The normalized spacial score (nSPS) is 10.4. The lowest BCUT2D eigenvalue weighted by Gasteiger charge is -1.98. The largest absolute Gasteiger partial charge is 0.481 e. The number of benzene rings is 1. The fraction of sp³-hybridized carbons (Fsp3) is 0.167. The van der Waals surface area contributed by atoms with E-state index in [0.717, 1.165) is 15.4 Å². The van der Waals surface area contributed by atoms with Gasteiger partial charge in [0.2, 0.25) is 0 Å². The summed E-state index contributed by atoms with van der Waals surface area (Å²) in [5, 5.41) is 9.56. The summed E-state index contributed by atoms with van der Waals surface area (Å²) in [6.07, 6.45) is 3.71. The minimum atomic E-state index is -0.821. The van der Waals surface area contributed by atoms with Gasteiger partial charge in [0.15, 0.2) is 0 Å². The predicted molar refractivity (Wildman–Crippen MR) is 70.7 cm³/mol. The molecule has 0 bridgehead atoms. The lowest BCUT2D eigenvalue weighted by atomic mass is 10.2. The second kappa shape index (κ2) is 5.33. The average molecular weight is 265 g/mol. The fourth-order valence-corrected chi connectivity index (χ4v) is 2.72. The van der Waals surface area contributed by atoms with E-state index in [4.69, 9.17) is 5.11 Å². The Hall–Kier alpha value is -1.33. The minimum absolute atomic E-state index is 0.0422. The number of thioether (sulfide) groups is 1.